The second-order valence-corrected chi connectivity index (χ2v) is 8.13. The Morgan fingerprint density at radius 2 is 2.16 bits per heavy atom. The van der Waals surface area contributed by atoms with Crippen LogP contribution in [0.4, 0.5) is 0 Å². The van der Waals surface area contributed by atoms with Crippen molar-refractivity contribution in [1.29, 1.82) is 0 Å². The highest BCUT2D eigenvalue weighted by Crippen LogP contribution is 2.27. The van der Waals surface area contributed by atoms with Crippen molar-refractivity contribution in [2.75, 3.05) is 26.9 Å². The number of pyridine rings is 1. The van der Waals surface area contributed by atoms with Crippen LogP contribution in [0, 0.1) is 12.8 Å². The molecule has 2 aliphatic heterocycles. The van der Waals surface area contributed by atoms with Gasteiger partial charge in [-0.2, -0.15) is 0 Å². The van der Waals surface area contributed by atoms with Gasteiger partial charge < -0.3 is 23.7 Å². The second kappa shape index (κ2) is 10.4. The first-order valence-corrected chi connectivity index (χ1v) is 11.0. The van der Waals surface area contributed by atoms with Crippen LogP contribution in [0.2, 0.25) is 0 Å². The van der Waals surface area contributed by atoms with Crippen molar-refractivity contribution in [2.45, 2.75) is 51.6 Å². The van der Waals surface area contributed by atoms with Gasteiger partial charge in [-0.05, 0) is 38.3 Å². The molecule has 4 rings (SSSR count). The monoisotopic (exact) mass is 446 g/mol. The van der Waals surface area contributed by atoms with E-state index < -0.39 is 0 Å². The van der Waals surface area contributed by atoms with Crippen LogP contribution >= 0.6 is 0 Å². The lowest BCUT2D eigenvalue weighted by Gasteiger charge is -2.28. The van der Waals surface area contributed by atoms with E-state index in [0.29, 0.717) is 43.4 Å². The van der Waals surface area contributed by atoms with Crippen molar-refractivity contribution in [3.05, 3.63) is 23.5 Å². The molecule has 2 aromatic heterocycles. The van der Waals surface area contributed by atoms with Gasteiger partial charge >= 0.3 is 5.97 Å². The van der Waals surface area contributed by atoms with Crippen molar-refractivity contribution in [3.8, 4) is 17.1 Å². The van der Waals surface area contributed by atoms with Crippen LogP contribution in [0.25, 0.3) is 11.4 Å². The predicted octanol–water partition coefficient (Wildman–Crippen LogP) is 2.19. The standard InChI is InChI=1S/C22H30N4O6/c1-14-19(32-16-10-15(11-29-12-16)22(27)28-3)8-7-17(23-14)21-18(26(2)25-24-21)13-31-20-6-4-5-9-30-20/h7-8,15-16,20H,4-6,9-13H2,1-3H3/t15-,16-,20?/m0/s1. The summed E-state index contributed by atoms with van der Waals surface area (Å²) in [5.74, 6) is 0.0475. The Labute approximate surface area is 187 Å². The maximum atomic E-state index is 11.8. The first-order chi connectivity index (χ1) is 15.5. The molecule has 0 radical (unpaired) electrons. The van der Waals surface area contributed by atoms with Gasteiger partial charge in [-0.15, -0.1) is 5.10 Å². The topological polar surface area (TPSA) is 107 Å². The Morgan fingerprint density at radius 1 is 1.28 bits per heavy atom. The van der Waals surface area contributed by atoms with Crippen LogP contribution in [0.5, 0.6) is 5.75 Å². The summed E-state index contributed by atoms with van der Waals surface area (Å²) in [6.45, 7) is 3.73. The fourth-order valence-electron chi connectivity index (χ4n) is 3.94. The van der Waals surface area contributed by atoms with Crippen LogP contribution in [-0.2, 0) is 37.4 Å². The summed E-state index contributed by atoms with van der Waals surface area (Å²) in [6, 6.07) is 3.72. The molecule has 1 unspecified atom stereocenters. The summed E-state index contributed by atoms with van der Waals surface area (Å²) in [5, 5.41) is 8.44. The van der Waals surface area contributed by atoms with Gasteiger partial charge in [-0.25, -0.2) is 9.67 Å². The van der Waals surface area contributed by atoms with Gasteiger partial charge in [-0.1, -0.05) is 5.21 Å². The smallest absolute Gasteiger partial charge is 0.311 e. The molecule has 0 aliphatic carbocycles. The molecule has 0 N–H and O–H groups in total. The molecule has 174 valence electrons. The third-order valence-corrected chi connectivity index (χ3v) is 5.76. The van der Waals surface area contributed by atoms with Crippen LogP contribution in [0.3, 0.4) is 0 Å². The lowest BCUT2D eigenvalue weighted by atomic mass is 10.0. The number of rotatable bonds is 7. The second-order valence-electron chi connectivity index (χ2n) is 8.13. The summed E-state index contributed by atoms with van der Waals surface area (Å²) in [6.07, 6.45) is 3.19. The SMILES string of the molecule is COC(=O)[C@@H]1COC[C@@H](Oc2ccc(-c3nnn(C)c3COC3CCCCO3)nc2C)C1. The number of aromatic nitrogens is 4. The van der Waals surface area contributed by atoms with Crippen LogP contribution < -0.4 is 4.74 Å². The van der Waals surface area contributed by atoms with Crippen molar-refractivity contribution in [3.63, 3.8) is 0 Å². The molecule has 3 atom stereocenters. The molecule has 2 aliphatic rings. The number of ether oxygens (including phenoxy) is 5. The zero-order chi connectivity index (χ0) is 22.5. The minimum Gasteiger partial charge on any atom is -0.486 e. The van der Waals surface area contributed by atoms with Crippen LogP contribution in [-0.4, -0.2) is 65.3 Å². The van der Waals surface area contributed by atoms with E-state index in [-0.39, 0.29) is 24.3 Å². The zero-order valence-electron chi connectivity index (χ0n) is 18.8. The number of aryl methyl sites for hydroxylation is 2. The minimum atomic E-state index is -0.318. The largest absolute Gasteiger partial charge is 0.486 e. The summed E-state index contributed by atoms with van der Waals surface area (Å²) in [5.41, 5.74) is 2.92. The number of nitrogens with zero attached hydrogens (tertiary/aromatic N) is 4. The maximum absolute atomic E-state index is 11.8. The molecule has 0 spiro atoms. The number of esters is 1. The fraction of sp³-hybridized carbons (Fsp3) is 0.636. The van der Waals surface area contributed by atoms with E-state index in [4.69, 9.17) is 23.7 Å². The minimum absolute atomic E-state index is 0.191. The Hall–Kier alpha value is -2.56. The number of hydrogen-bond donors (Lipinski definition) is 0. The molecule has 2 aromatic rings. The highest BCUT2D eigenvalue weighted by atomic mass is 16.7. The molecule has 4 heterocycles. The van der Waals surface area contributed by atoms with E-state index in [1.807, 2.05) is 26.1 Å². The third-order valence-electron chi connectivity index (χ3n) is 5.76. The Kier molecular flexibility index (Phi) is 7.33. The highest BCUT2D eigenvalue weighted by Gasteiger charge is 2.30. The van der Waals surface area contributed by atoms with Crippen molar-refractivity contribution < 1.29 is 28.5 Å². The molecule has 10 nitrogen and oxygen atoms in total. The van der Waals surface area contributed by atoms with Gasteiger partial charge in [0, 0.05) is 20.1 Å². The van der Waals surface area contributed by atoms with Gasteiger partial charge in [0.25, 0.3) is 0 Å². The summed E-state index contributed by atoms with van der Waals surface area (Å²) < 4.78 is 29.7. The normalized spacial score (nSPS) is 23.7. The summed E-state index contributed by atoms with van der Waals surface area (Å²) >= 11 is 0. The summed E-state index contributed by atoms with van der Waals surface area (Å²) in [7, 11) is 3.22. The van der Waals surface area contributed by atoms with E-state index in [0.717, 1.165) is 37.3 Å². The van der Waals surface area contributed by atoms with Crippen molar-refractivity contribution >= 4 is 5.97 Å². The van der Waals surface area contributed by atoms with E-state index in [1.54, 1.807) is 4.68 Å². The van der Waals surface area contributed by atoms with Gasteiger partial charge in [0.15, 0.2) is 6.29 Å². The molecule has 10 heteroatoms. The molecule has 0 saturated carbocycles. The molecule has 2 fully saturated rings. The number of carbonyl (C=O) groups excluding carboxylic acids is 1. The van der Waals surface area contributed by atoms with E-state index in [9.17, 15) is 4.79 Å². The van der Waals surface area contributed by atoms with E-state index >= 15 is 0 Å². The lowest BCUT2D eigenvalue weighted by molar-refractivity contribution is -0.169. The molecular formula is C22H30N4O6. The average molecular weight is 447 g/mol. The van der Waals surface area contributed by atoms with Crippen molar-refractivity contribution in [1.82, 2.24) is 20.0 Å². The maximum Gasteiger partial charge on any atom is 0.311 e. The first-order valence-electron chi connectivity index (χ1n) is 11.0. The molecule has 0 aromatic carbocycles. The van der Waals surface area contributed by atoms with Crippen LogP contribution in [0.15, 0.2) is 12.1 Å². The van der Waals surface area contributed by atoms with E-state index in [1.165, 1.54) is 7.11 Å². The molecule has 2 saturated heterocycles. The Balaban J connectivity index is 1.43. The average Bonchev–Trinajstić information content (AvgIpc) is 3.19. The predicted molar refractivity (Wildman–Crippen MR) is 113 cm³/mol. The van der Waals surface area contributed by atoms with Crippen molar-refractivity contribution in [2.24, 2.45) is 13.0 Å². The quantitative estimate of drug-likeness (QED) is 0.592. The first kappa shape index (κ1) is 22.6. The van der Waals surface area contributed by atoms with Gasteiger partial charge in [0.05, 0.1) is 49.9 Å². The van der Waals surface area contributed by atoms with Gasteiger partial charge in [0.1, 0.15) is 17.5 Å². The van der Waals surface area contributed by atoms with Crippen LogP contribution in [0.1, 0.15) is 37.1 Å². The molecule has 0 amide bonds. The third kappa shape index (κ3) is 5.25. The van der Waals surface area contributed by atoms with Gasteiger partial charge in [-0.3, -0.25) is 4.79 Å². The molecule has 0 bridgehead atoms. The summed E-state index contributed by atoms with van der Waals surface area (Å²) in [4.78, 5) is 16.5. The van der Waals surface area contributed by atoms with E-state index in [2.05, 4.69) is 15.3 Å². The highest BCUT2D eigenvalue weighted by molar-refractivity contribution is 5.72. The Morgan fingerprint density at radius 3 is 2.91 bits per heavy atom. The van der Waals surface area contributed by atoms with Gasteiger partial charge in [0.2, 0.25) is 0 Å². The number of carbonyl (C=O) groups is 1. The number of methoxy groups -OCH3 is 1. The molecule has 32 heavy (non-hydrogen) atoms. The number of hydrogen-bond acceptors (Lipinski definition) is 9. The zero-order valence-corrected chi connectivity index (χ0v) is 18.8. The lowest BCUT2D eigenvalue weighted by Crippen LogP contribution is -2.37. The fourth-order valence-corrected chi connectivity index (χ4v) is 3.94. The molecular weight excluding hydrogens is 416 g/mol. The Bertz CT molecular complexity index is 927.